The van der Waals surface area contributed by atoms with E-state index in [1.807, 2.05) is 47.2 Å². The highest BCUT2D eigenvalue weighted by Crippen LogP contribution is 2.28. The Bertz CT molecular complexity index is 959. The fourth-order valence-corrected chi connectivity index (χ4v) is 3.16. The number of Topliss-reactive ketones (excluding diaryl/α,β-unsaturated/α-hetero) is 2. The summed E-state index contributed by atoms with van der Waals surface area (Å²) in [7, 11) is 0. The molecule has 1 aliphatic carbocycles. The second-order valence-electron chi connectivity index (χ2n) is 5.54. The molecule has 0 N–H and O–H groups in total. The molecule has 1 aliphatic rings. The summed E-state index contributed by atoms with van der Waals surface area (Å²) in [5, 5.41) is 0. The van der Waals surface area contributed by atoms with E-state index in [9.17, 15) is 9.59 Å². The maximum absolute atomic E-state index is 12.5. The van der Waals surface area contributed by atoms with Gasteiger partial charge in [-0.25, -0.2) is 0 Å². The van der Waals surface area contributed by atoms with Gasteiger partial charge in [0.1, 0.15) is 0 Å². The highest BCUT2D eigenvalue weighted by molar-refractivity contribution is 9.10. The van der Waals surface area contributed by atoms with Crippen LogP contribution in [0.1, 0.15) is 26.4 Å². The van der Waals surface area contributed by atoms with Crippen molar-refractivity contribution in [3.63, 3.8) is 0 Å². The summed E-state index contributed by atoms with van der Waals surface area (Å²) in [6.07, 6.45) is 3.58. The van der Waals surface area contributed by atoms with Gasteiger partial charge in [-0.1, -0.05) is 40.2 Å². The number of nitrogens with zero attached hydrogens (tertiary/aromatic N) is 1. The van der Waals surface area contributed by atoms with Gasteiger partial charge in [0.15, 0.2) is 11.6 Å². The fraction of sp³-hybridized carbons (Fsp3) is 0. The van der Waals surface area contributed by atoms with E-state index >= 15 is 0 Å². The number of rotatable bonds is 2. The van der Waals surface area contributed by atoms with E-state index in [-0.39, 0.29) is 17.1 Å². The number of benzene rings is 2. The number of fused-ring (bicyclic) bond motifs is 1. The largest absolute Gasteiger partial charge is 0.317 e. The Morgan fingerprint density at radius 3 is 2.04 bits per heavy atom. The number of aromatic nitrogens is 1. The van der Waals surface area contributed by atoms with Crippen molar-refractivity contribution in [2.24, 2.45) is 0 Å². The SMILES string of the molecule is O=C1C(=Cc2cccn2-c2ccc(Br)cc2)C(=O)c2ccccc21. The van der Waals surface area contributed by atoms with Crippen molar-refractivity contribution < 1.29 is 9.59 Å². The van der Waals surface area contributed by atoms with Crippen molar-refractivity contribution in [3.8, 4) is 5.69 Å². The zero-order valence-electron chi connectivity index (χ0n) is 12.6. The maximum Gasteiger partial charge on any atom is 0.197 e. The summed E-state index contributed by atoms with van der Waals surface area (Å²) in [5.74, 6) is -0.418. The topological polar surface area (TPSA) is 39.1 Å². The van der Waals surface area contributed by atoms with Crippen LogP contribution < -0.4 is 0 Å². The van der Waals surface area contributed by atoms with Crippen LogP contribution in [-0.2, 0) is 0 Å². The molecule has 0 aliphatic heterocycles. The molecule has 0 bridgehead atoms. The third kappa shape index (κ3) is 2.36. The molecule has 3 aromatic rings. The predicted octanol–water partition coefficient (Wildman–Crippen LogP) is 4.70. The van der Waals surface area contributed by atoms with Gasteiger partial charge in [0.25, 0.3) is 0 Å². The van der Waals surface area contributed by atoms with Gasteiger partial charge in [-0.15, -0.1) is 0 Å². The van der Waals surface area contributed by atoms with E-state index in [2.05, 4.69) is 15.9 Å². The second kappa shape index (κ2) is 5.73. The van der Waals surface area contributed by atoms with Crippen molar-refractivity contribution in [2.45, 2.75) is 0 Å². The molecule has 1 aromatic heterocycles. The van der Waals surface area contributed by atoms with E-state index in [4.69, 9.17) is 0 Å². The van der Waals surface area contributed by atoms with E-state index in [1.165, 1.54) is 0 Å². The van der Waals surface area contributed by atoms with Gasteiger partial charge >= 0.3 is 0 Å². The molecule has 0 saturated carbocycles. The van der Waals surface area contributed by atoms with Gasteiger partial charge in [-0.2, -0.15) is 0 Å². The first-order valence-electron chi connectivity index (χ1n) is 7.48. The zero-order valence-corrected chi connectivity index (χ0v) is 14.2. The molecule has 4 heteroatoms. The lowest BCUT2D eigenvalue weighted by molar-refractivity contribution is 0.0990. The Kier molecular flexibility index (Phi) is 3.54. The highest BCUT2D eigenvalue weighted by Gasteiger charge is 2.32. The van der Waals surface area contributed by atoms with Crippen molar-refractivity contribution in [1.29, 1.82) is 0 Å². The molecule has 3 nitrogen and oxygen atoms in total. The normalized spacial score (nSPS) is 13.3. The summed E-state index contributed by atoms with van der Waals surface area (Å²) in [4.78, 5) is 25.0. The minimum Gasteiger partial charge on any atom is -0.317 e. The first-order valence-corrected chi connectivity index (χ1v) is 8.28. The third-order valence-electron chi connectivity index (χ3n) is 4.08. The lowest BCUT2D eigenvalue weighted by Gasteiger charge is -2.07. The van der Waals surface area contributed by atoms with Crippen LogP contribution in [0.4, 0.5) is 0 Å². The number of hydrogen-bond acceptors (Lipinski definition) is 2. The molecule has 0 amide bonds. The van der Waals surface area contributed by atoms with Crippen LogP contribution >= 0.6 is 15.9 Å². The van der Waals surface area contributed by atoms with Crippen LogP contribution in [0.15, 0.2) is 76.9 Å². The summed E-state index contributed by atoms with van der Waals surface area (Å²) in [6, 6.07) is 18.6. The summed E-state index contributed by atoms with van der Waals surface area (Å²) >= 11 is 3.42. The molecule has 116 valence electrons. The number of carbonyl (C=O) groups excluding carboxylic acids is 2. The molecule has 0 atom stereocenters. The Morgan fingerprint density at radius 1 is 0.792 bits per heavy atom. The molecular formula is C20H12BrNO2. The molecule has 0 radical (unpaired) electrons. The molecule has 24 heavy (non-hydrogen) atoms. The molecule has 2 aromatic carbocycles. The third-order valence-corrected chi connectivity index (χ3v) is 4.61. The first-order chi connectivity index (χ1) is 11.6. The summed E-state index contributed by atoms with van der Waals surface area (Å²) in [5.41, 5.74) is 2.94. The number of allylic oxidation sites excluding steroid dienone is 1. The minimum absolute atomic E-state index is 0.209. The Hall–Kier alpha value is -2.72. The van der Waals surface area contributed by atoms with Crippen LogP contribution in [0.25, 0.3) is 11.8 Å². The van der Waals surface area contributed by atoms with Crippen LogP contribution in [0.5, 0.6) is 0 Å². The summed E-state index contributed by atoms with van der Waals surface area (Å²) in [6.45, 7) is 0. The highest BCUT2D eigenvalue weighted by atomic mass is 79.9. The van der Waals surface area contributed by atoms with Crippen LogP contribution in [0.2, 0.25) is 0 Å². The predicted molar refractivity (Wildman–Crippen MR) is 96.5 cm³/mol. The Morgan fingerprint density at radius 2 is 1.42 bits per heavy atom. The van der Waals surface area contributed by atoms with E-state index in [0.29, 0.717) is 11.1 Å². The van der Waals surface area contributed by atoms with Gasteiger partial charge in [0.05, 0.1) is 5.57 Å². The molecule has 0 spiro atoms. The number of ketones is 2. The maximum atomic E-state index is 12.5. The van der Waals surface area contributed by atoms with Crippen molar-refractivity contribution in [1.82, 2.24) is 4.57 Å². The van der Waals surface area contributed by atoms with E-state index in [0.717, 1.165) is 15.9 Å². The van der Waals surface area contributed by atoms with Gasteiger partial charge in [0.2, 0.25) is 0 Å². The Labute approximate surface area is 147 Å². The molecule has 0 unspecified atom stereocenters. The monoisotopic (exact) mass is 377 g/mol. The lowest BCUT2D eigenvalue weighted by atomic mass is 10.1. The average molecular weight is 378 g/mol. The lowest BCUT2D eigenvalue weighted by Crippen LogP contribution is -2.02. The zero-order chi connectivity index (χ0) is 16.7. The molecule has 0 fully saturated rings. The van der Waals surface area contributed by atoms with E-state index in [1.54, 1.807) is 30.3 Å². The van der Waals surface area contributed by atoms with Crippen molar-refractivity contribution in [2.75, 3.05) is 0 Å². The van der Waals surface area contributed by atoms with Crippen molar-refractivity contribution in [3.05, 3.63) is 93.7 Å². The molecule has 4 rings (SSSR count). The molecule has 0 saturated heterocycles. The molecular weight excluding hydrogens is 366 g/mol. The van der Waals surface area contributed by atoms with Gasteiger partial charge in [0, 0.05) is 33.2 Å². The van der Waals surface area contributed by atoms with Gasteiger partial charge < -0.3 is 4.57 Å². The average Bonchev–Trinajstić information content (AvgIpc) is 3.15. The van der Waals surface area contributed by atoms with Crippen LogP contribution in [0, 0.1) is 0 Å². The van der Waals surface area contributed by atoms with Gasteiger partial charge in [-0.05, 0) is 42.5 Å². The standard InChI is InChI=1S/C20H12BrNO2/c21-13-7-9-14(10-8-13)22-11-3-4-15(22)12-18-19(23)16-5-1-2-6-17(16)20(18)24/h1-12H. The first kappa shape index (κ1) is 14.8. The van der Waals surface area contributed by atoms with Crippen molar-refractivity contribution >= 4 is 33.6 Å². The smallest absolute Gasteiger partial charge is 0.197 e. The minimum atomic E-state index is -0.209. The van der Waals surface area contributed by atoms with Crippen LogP contribution in [-0.4, -0.2) is 16.1 Å². The van der Waals surface area contributed by atoms with Crippen LogP contribution in [0.3, 0.4) is 0 Å². The number of halogens is 1. The van der Waals surface area contributed by atoms with Gasteiger partial charge in [-0.3, -0.25) is 9.59 Å². The summed E-state index contributed by atoms with van der Waals surface area (Å²) < 4.78 is 2.94. The quantitative estimate of drug-likeness (QED) is 0.479. The Balaban J connectivity index is 1.79. The fourth-order valence-electron chi connectivity index (χ4n) is 2.90. The molecule has 1 heterocycles. The second-order valence-corrected chi connectivity index (χ2v) is 6.46. The number of carbonyl (C=O) groups is 2. The van der Waals surface area contributed by atoms with E-state index < -0.39 is 0 Å². The number of hydrogen-bond donors (Lipinski definition) is 0.